The first kappa shape index (κ1) is 14.9. The van der Waals surface area contributed by atoms with Crippen LogP contribution in [0.25, 0.3) is 0 Å². The molecule has 100 valence electrons. The summed E-state index contributed by atoms with van der Waals surface area (Å²) >= 11 is 0. The lowest BCUT2D eigenvalue weighted by Crippen LogP contribution is -2.29. The molecule has 2 nitrogen and oxygen atoms in total. The smallest absolute Gasteiger partial charge is 0.0465 e. The molecule has 0 aromatic heterocycles. The minimum atomic E-state index is 0.273. The van der Waals surface area contributed by atoms with Crippen molar-refractivity contribution in [1.29, 1.82) is 0 Å². The van der Waals surface area contributed by atoms with E-state index in [1.165, 1.54) is 36.0 Å². The number of nitrogens with one attached hydrogen (secondary N) is 1. The molecule has 3 N–H and O–H groups in total. The van der Waals surface area contributed by atoms with Crippen molar-refractivity contribution >= 4 is 0 Å². The van der Waals surface area contributed by atoms with Crippen LogP contribution in [0.15, 0.2) is 30.9 Å². The Labute approximate surface area is 111 Å². The van der Waals surface area contributed by atoms with Gasteiger partial charge in [0.05, 0.1) is 0 Å². The van der Waals surface area contributed by atoms with Gasteiger partial charge in [-0.25, -0.2) is 0 Å². The minimum Gasteiger partial charge on any atom is -0.271 e. The van der Waals surface area contributed by atoms with Crippen LogP contribution in [0.1, 0.15) is 54.8 Å². The first-order valence-corrected chi connectivity index (χ1v) is 6.83. The second-order valence-electron chi connectivity index (χ2n) is 4.95. The SMILES string of the molecule is C=CCCCCCC(NN)c1c(C)cccc1C. The molecule has 0 amide bonds. The highest BCUT2D eigenvalue weighted by atomic mass is 15.2. The average Bonchev–Trinajstić information content (AvgIpc) is 2.36. The molecule has 1 atom stereocenters. The van der Waals surface area contributed by atoms with Gasteiger partial charge in [-0.1, -0.05) is 37.1 Å². The quantitative estimate of drug-likeness (QED) is 0.315. The van der Waals surface area contributed by atoms with Gasteiger partial charge in [-0.15, -0.1) is 6.58 Å². The molecule has 0 radical (unpaired) electrons. The third kappa shape index (κ3) is 4.28. The summed E-state index contributed by atoms with van der Waals surface area (Å²) in [5.74, 6) is 5.72. The Kier molecular flexibility index (Phi) is 6.69. The maximum absolute atomic E-state index is 5.72. The maximum Gasteiger partial charge on any atom is 0.0465 e. The summed E-state index contributed by atoms with van der Waals surface area (Å²) in [5, 5.41) is 0. The van der Waals surface area contributed by atoms with E-state index in [0.29, 0.717) is 0 Å². The van der Waals surface area contributed by atoms with Gasteiger partial charge in [0, 0.05) is 6.04 Å². The summed E-state index contributed by atoms with van der Waals surface area (Å²) in [6, 6.07) is 6.69. The van der Waals surface area contributed by atoms with Gasteiger partial charge < -0.3 is 0 Å². The van der Waals surface area contributed by atoms with Gasteiger partial charge in [0.1, 0.15) is 0 Å². The predicted molar refractivity (Wildman–Crippen MR) is 79.3 cm³/mol. The highest BCUT2D eigenvalue weighted by Gasteiger charge is 2.13. The van der Waals surface area contributed by atoms with E-state index in [1.807, 2.05) is 6.08 Å². The lowest BCUT2D eigenvalue weighted by atomic mass is 9.93. The van der Waals surface area contributed by atoms with Gasteiger partial charge in [0.15, 0.2) is 0 Å². The van der Waals surface area contributed by atoms with Crippen LogP contribution in [0.3, 0.4) is 0 Å². The lowest BCUT2D eigenvalue weighted by Gasteiger charge is -2.20. The van der Waals surface area contributed by atoms with E-state index < -0.39 is 0 Å². The van der Waals surface area contributed by atoms with Gasteiger partial charge in [0.25, 0.3) is 0 Å². The standard InChI is InChI=1S/C16H26N2/c1-4-5-6-7-8-12-15(18-17)16-13(2)10-9-11-14(16)3/h4,9-11,15,18H,1,5-8,12,17H2,2-3H3. The summed E-state index contributed by atoms with van der Waals surface area (Å²) in [5.41, 5.74) is 6.98. The van der Waals surface area contributed by atoms with Crippen LogP contribution in [0.2, 0.25) is 0 Å². The number of rotatable bonds is 8. The number of aryl methyl sites for hydroxylation is 2. The number of benzene rings is 1. The maximum atomic E-state index is 5.72. The summed E-state index contributed by atoms with van der Waals surface area (Å²) in [4.78, 5) is 0. The van der Waals surface area contributed by atoms with Gasteiger partial charge in [-0.2, -0.15) is 0 Å². The van der Waals surface area contributed by atoms with Crippen LogP contribution in [0.5, 0.6) is 0 Å². The molecule has 0 saturated heterocycles. The molecule has 1 aromatic carbocycles. The Hall–Kier alpha value is -1.12. The summed E-state index contributed by atoms with van der Waals surface area (Å²) in [7, 11) is 0. The number of hydrogen-bond acceptors (Lipinski definition) is 2. The second-order valence-corrected chi connectivity index (χ2v) is 4.95. The molecular formula is C16H26N2. The van der Waals surface area contributed by atoms with Crippen molar-refractivity contribution in [3.8, 4) is 0 Å². The van der Waals surface area contributed by atoms with E-state index in [0.717, 1.165) is 12.8 Å². The molecule has 0 aliphatic heterocycles. The number of allylic oxidation sites excluding steroid dienone is 1. The zero-order valence-corrected chi connectivity index (χ0v) is 11.7. The molecule has 1 aromatic rings. The van der Waals surface area contributed by atoms with Crippen LogP contribution < -0.4 is 11.3 Å². The van der Waals surface area contributed by atoms with Crippen LogP contribution in [0.4, 0.5) is 0 Å². The Balaban J connectivity index is 2.57. The Morgan fingerprint density at radius 3 is 2.44 bits per heavy atom. The number of nitrogens with two attached hydrogens (primary N) is 1. The molecule has 18 heavy (non-hydrogen) atoms. The van der Waals surface area contributed by atoms with E-state index >= 15 is 0 Å². The molecule has 0 saturated carbocycles. The van der Waals surface area contributed by atoms with E-state index in [2.05, 4.69) is 44.1 Å². The normalized spacial score (nSPS) is 12.4. The molecule has 0 bridgehead atoms. The van der Waals surface area contributed by atoms with Crippen molar-refractivity contribution in [2.75, 3.05) is 0 Å². The molecule has 0 heterocycles. The number of hydrazine groups is 1. The van der Waals surface area contributed by atoms with Crippen molar-refractivity contribution in [2.24, 2.45) is 5.84 Å². The molecular weight excluding hydrogens is 220 g/mol. The zero-order valence-electron chi connectivity index (χ0n) is 11.7. The highest BCUT2D eigenvalue weighted by molar-refractivity contribution is 5.36. The summed E-state index contributed by atoms with van der Waals surface area (Å²) in [6.45, 7) is 8.06. The second kappa shape index (κ2) is 8.06. The monoisotopic (exact) mass is 246 g/mol. The molecule has 0 aliphatic carbocycles. The third-order valence-corrected chi connectivity index (χ3v) is 3.49. The van der Waals surface area contributed by atoms with Crippen molar-refractivity contribution in [3.05, 3.63) is 47.5 Å². The summed E-state index contributed by atoms with van der Waals surface area (Å²) < 4.78 is 0. The van der Waals surface area contributed by atoms with Crippen LogP contribution in [0, 0.1) is 13.8 Å². The zero-order chi connectivity index (χ0) is 13.4. The first-order valence-electron chi connectivity index (χ1n) is 6.83. The van der Waals surface area contributed by atoms with E-state index in [4.69, 9.17) is 5.84 Å². The fraction of sp³-hybridized carbons (Fsp3) is 0.500. The average molecular weight is 246 g/mol. The van der Waals surface area contributed by atoms with E-state index in [-0.39, 0.29) is 6.04 Å². The largest absolute Gasteiger partial charge is 0.271 e. The van der Waals surface area contributed by atoms with E-state index in [1.54, 1.807) is 0 Å². The third-order valence-electron chi connectivity index (χ3n) is 3.49. The topological polar surface area (TPSA) is 38.0 Å². The van der Waals surface area contributed by atoms with Crippen molar-refractivity contribution in [2.45, 2.75) is 52.0 Å². The molecule has 1 rings (SSSR count). The molecule has 1 unspecified atom stereocenters. The van der Waals surface area contributed by atoms with Crippen LogP contribution >= 0.6 is 0 Å². The minimum absolute atomic E-state index is 0.273. The van der Waals surface area contributed by atoms with Crippen LogP contribution in [-0.4, -0.2) is 0 Å². The highest BCUT2D eigenvalue weighted by Crippen LogP contribution is 2.25. The fourth-order valence-electron chi connectivity index (χ4n) is 2.50. The Morgan fingerprint density at radius 2 is 1.89 bits per heavy atom. The van der Waals surface area contributed by atoms with Gasteiger partial charge in [0.2, 0.25) is 0 Å². The molecule has 0 fully saturated rings. The van der Waals surface area contributed by atoms with Gasteiger partial charge >= 0.3 is 0 Å². The van der Waals surface area contributed by atoms with Crippen molar-refractivity contribution in [1.82, 2.24) is 5.43 Å². The van der Waals surface area contributed by atoms with Gasteiger partial charge in [-0.05, 0) is 49.8 Å². The number of unbranched alkanes of at least 4 members (excludes halogenated alkanes) is 3. The van der Waals surface area contributed by atoms with Crippen LogP contribution in [-0.2, 0) is 0 Å². The Bertz CT molecular complexity index is 351. The molecule has 2 heteroatoms. The number of hydrogen-bond donors (Lipinski definition) is 2. The van der Waals surface area contributed by atoms with E-state index in [9.17, 15) is 0 Å². The van der Waals surface area contributed by atoms with Gasteiger partial charge in [-0.3, -0.25) is 11.3 Å². The Morgan fingerprint density at radius 1 is 1.22 bits per heavy atom. The van der Waals surface area contributed by atoms with Crippen molar-refractivity contribution < 1.29 is 0 Å². The summed E-state index contributed by atoms with van der Waals surface area (Å²) in [6.07, 6.45) is 7.88. The lowest BCUT2D eigenvalue weighted by molar-refractivity contribution is 0.480. The molecule has 0 aliphatic rings. The first-order chi connectivity index (χ1) is 8.70. The predicted octanol–water partition coefficient (Wildman–Crippen LogP) is 3.94. The fourth-order valence-corrected chi connectivity index (χ4v) is 2.50. The van der Waals surface area contributed by atoms with Crippen molar-refractivity contribution in [3.63, 3.8) is 0 Å². The molecule has 0 spiro atoms.